The van der Waals surface area contributed by atoms with Gasteiger partial charge in [-0.05, 0) is 56.9 Å². The monoisotopic (exact) mass is 472 g/mol. The van der Waals surface area contributed by atoms with Crippen LogP contribution in [0.25, 0.3) is 11.3 Å². The molecule has 3 aromatic rings. The Labute approximate surface area is 195 Å². The first-order valence-electron chi connectivity index (χ1n) is 10.7. The normalized spacial score (nSPS) is 10.9. The third-order valence-corrected chi connectivity index (χ3v) is 4.71. The van der Waals surface area contributed by atoms with E-state index in [1.807, 2.05) is 19.0 Å². The van der Waals surface area contributed by atoms with Gasteiger partial charge in [0.1, 0.15) is 12.4 Å². The summed E-state index contributed by atoms with van der Waals surface area (Å²) in [5, 5.41) is 6.78. The van der Waals surface area contributed by atoms with Crippen molar-refractivity contribution in [1.29, 1.82) is 0 Å². The lowest BCUT2D eigenvalue weighted by Gasteiger charge is -2.13. The van der Waals surface area contributed by atoms with Crippen molar-refractivity contribution in [3.8, 4) is 22.8 Å². The third kappa shape index (κ3) is 6.61. The number of aromatic nitrogens is 2. The van der Waals surface area contributed by atoms with Crippen LogP contribution in [-0.4, -0.2) is 54.6 Å². The van der Waals surface area contributed by atoms with E-state index in [4.69, 9.17) is 9.47 Å². The van der Waals surface area contributed by atoms with Crippen LogP contribution < -0.4 is 20.3 Å². The number of likely N-dealkylation sites (N-methyl/N-ethyl adjacent to an activating group) is 1. The van der Waals surface area contributed by atoms with Crippen LogP contribution in [0.2, 0.25) is 0 Å². The summed E-state index contributed by atoms with van der Waals surface area (Å²) in [5.74, 6) is -1.86. The number of amides is 1. The van der Waals surface area contributed by atoms with Crippen molar-refractivity contribution in [2.45, 2.75) is 13.5 Å². The molecule has 0 aliphatic rings. The maximum absolute atomic E-state index is 14.5. The van der Waals surface area contributed by atoms with Crippen LogP contribution in [0.1, 0.15) is 12.5 Å². The van der Waals surface area contributed by atoms with Crippen molar-refractivity contribution in [2.24, 2.45) is 0 Å². The molecule has 1 heterocycles. The van der Waals surface area contributed by atoms with Gasteiger partial charge in [-0.3, -0.25) is 4.79 Å². The Morgan fingerprint density at radius 2 is 1.85 bits per heavy atom. The highest BCUT2D eigenvalue weighted by molar-refractivity contribution is 5.70. The molecule has 0 fully saturated rings. The predicted molar refractivity (Wildman–Crippen MR) is 123 cm³/mol. The van der Waals surface area contributed by atoms with Crippen molar-refractivity contribution in [3.05, 3.63) is 76.1 Å². The van der Waals surface area contributed by atoms with Crippen LogP contribution in [0.4, 0.5) is 13.6 Å². The van der Waals surface area contributed by atoms with E-state index < -0.39 is 29.0 Å². The number of nitrogens with one attached hydrogen (secondary N) is 1. The summed E-state index contributed by atoms with van der Waals surface area (Å²) < 4.78 is 40.6. The minimum atomic E-state index is -0.858. The number of carbonyl (C=O) groups is 1. The smallest absolute Gasteiger partial charge is 0.412 e. The van der Waals surface area contributed by atoms with Crippen LogP contribution in [0.3, 0.4) is 0 Å². The second-order valence-corrected chi connectivity index (χ2v) is 7.70. The molecule has 1 aromatic heterocycles. The summed E-state index contributed by atoms with van der Waals surface area (Å²) in [7, 11) is 3.65. The van der Waals surface area contributed by atoms with Crippen LogP contribution in [0.15, 0.2) is 53.3 Å². The fourth-order valence-electron chi connectivity index (χ4n) is 3.06. The lowest BCUT2D eigenvalue weighted by molar-refractivity contribution is 0.201. The number of halogens is 2. The van der Waals surface area contributed by atoms with Gasteiger partial charge in [-0.1, -0.05) is 12.1 Å². The molecule has 0 aliphatic heterocycles. The topological polar surface area (TPSA) is 85.7 Å². The minimum Gasteiger partial charge on any atom is -0.486 e. The second kappa shape index (κ2) is 11.4. The molecular formula is C24H26F2N4O4. The van der Waals surface area contributed by atoms with E-state index in [1.54, 1.807) is 31.2 Å². The lowest BCUT2D eigenvalue weighted by Crippen LogP contribution is -2.26. The molecular weight excluding hydrogens is 446 g/mol. The zero-order chi connectivity index (χ0) is 24.7. The van der Waals surface area contributed by atoms with Gasteiger partial charge in [0, 0.05) is 24.7 Å². The van der Waals surface area contributed by atoms with E-state index in [0.717, 1.165) is 16.8 Å². The third-order valence-electron chi connectivity index (χ3n) is 4.71. The SMILES string of the molecule is CCNC(=O)Oc1cccc(Cn2nc(-c3cc(F)c(OCCN(C)C)c(F)c3)ccc2=O)c1. The standard InChI is InChI=1S/C24H26F2N4O4/c1-4-27-24(32)34-18-7-5-6-16(12-18)15-30-22(31)9-8-21(28-30)17-13-19(25)23(20(26)14-17)33-11-10-29(2)3/h5-9,12-14H,4,10-11,15H2,1-3H3,(H,27,32). The molecule has 10 heteroatoms. The fraction of sp³-hybridized carbons (Fsp3) is 0.292. The van der Waals surface area contributed by atoms with Crippen LogP contribution in [0.5, 0.6) is 11.5 Å². The molecule has 3 rings (SSSR count). The molecule has 0 unspecified atom stereocenters. The number of nitrogens with zero attached hydrogens (tertiary/aromatic N) is 3. The van der Waals surface area contributed by atoms with Gasteiger partial charge >= 0.3 is 6.09 Å². The lowest BCUT2D eigenvalue weighted by atomic mass is 10.1. The summed E-state index contributed by atoms with van der Waals surface area (Å²) in [6.45, 7) is 2.89. The summed E-state index contributed by atoms with van der Waals surface area (Å²) in [6, 6.07) is 11.5. The van der Waals surface area contributed by atoms with Gasteiger partial charge in [0.25, 0.3) is 5.56 Å². The van der Waals surface area contributed by atoms with E-state index in [9.17, 15) is 18.4 Å². The van der Waals surface area contributed by atoms with Gasteiger partial charge < -0.3 is 19.7 Å². The number of benzene rings is 2. The number of hydrogen-bond acceptors (Lipinski definition) is 6. The quantitative estimate of drug-likeness (QED) is 0.515. The molecule has 180 valence electrons. The van der Waals surface area contributed by atoms with Gasteiger partial charge in [-0.15, -0.1) is 0 Å². The highest BCUT2D eigenvalue weighted by Gasteiger charge is 2.15. The predicted octanol–water partition coefficient (Wildman–Crippen LogP) is 3.29. The minimum absolute atomic E-state index is 0.0654. The van der Waals surface area contributed by atoms with Crippen LogP contribution >= 0.6 is 0 Å². The van der Waals surface area contributed by atoms with Gasteiger partial charge in [0.2, 0.25) is 0 Å². The van der Waals surface area contributed by atoms with Crippen molar-refractivity contribution in [2.75, 3.05) is 33.8 Å². The molecule has 34 heavy (non-hydrogen) atoms. The number of rotatable bonds is 9. The summed E-state index contributed by atoms with van der Waals surface area (Å²) in [5.41, 5.74) is 0.628. The molecule has 0 saturated heterocycles. The average Bonchev–Trinajstić information content (AvgIpc) is 2.77. The Kier molecular flexibility index (Phi) is 8.31. The molecule has 0 bridgehead atoms. The summed E-state index contributed by atoms with van der Waals surface area (Å²) >= 11 is 0. The summed E-state index contributed by atoms with van der Waals surface area (Å²) in [4.78, 5) is 25.8. The largest absolute Gasteiger partial charge is 0.486 e. The molecule has 1 N–H and O–H groups in total. The number of hydrogen-bond donors (Lipinski definition) is 1. The molecule has 0 saturated carbocycles. The zero-order valence-corrected chi connectivity index (χ0v) is 19.2. The van der Waals surface area contributed by atoms with Crippen LogP contribution in [0, 0.1) is 11.6 Å². The molecule has 1 amide bonds. The Bertz CT molecular complexity index is 1190. The van der Waals surface area contributed by atoms with Gasteiger partial charge in [0.05, 0.1) is 12.2 Å². The first-order chi connectivity index (χ1) is 16.3. The van der Waals surface area contributed by atoms with Crippen molar-refractivity contribution >= 4 is 6.09 Å². The van der Waals surface area contributed by atoms with Crippen molar-refractivity contribution in [1.82, 2.24) is 20.0 Å². The molecule has 0 radical (unpaired) electrons. The fourth-order valence-corrected chi connectivity index (χ4v) is 3.06. The maximum atomic E-state index is 14.5. The molecule has 0 spiro atoms. The Morgan fingerprint density at radius 3 is 2.53 bits per heavy atom. The van der Waals surface area contributed by atoms with E-state index in [-0.39, 0.29) is 24.4 Å². The number of ether oxygens (including phenoxy) is 2. The van der Waals surface area contributed by atoms with E-state index in [2.05, 4.69) is 10.4 Å². The molecule has 0 aliphatic carbocycles. The average molecular weight is 472 g/mol. The Morgan fingerprint density at radius 1 is 1.12 bits per heavy atom. The molecule has 0 atom stereocenters. The Hall–Kier alpha value is -3.79. The first kappa shape index (κ1) is 24.8. The zero-order valence-electron chi connectivity index (χ0n) is 19.2. The molecule has 8 nitrogen and oxygen atoms in total. The first-order valence-corrected chi connectivity index (χ1v) is 10.7. The van der Waals surface area contributed by atoms with Gasteiger partial charge in [-0.25, -0.2) is 18.3 Å². The highest BCUT2D eigenvalue weighted by atomic mass is 19.1. The maximum Gasteiger partial charge on any atom is 0.412 e. The van der Waals surface area contributed by atoms with E-state index in [0.29, 0.717) is 24.4 Å². The second-order valence-electron chi connectivity index (χ2n) is 7.70. The highest BCUT2D eigenvalue weighted by Crippen LogP contribution is 2.28. The van der Waals surface area contributed by atoms with Crippen LogP contribution in [-0.2, 0) is 6.54 Å². The molecule has 2 aromatic carbocycles. The van der Waals surface area contributed by atoms with Gasteiger partial charge in [0.15, 0.2) is 17.4 Å². The Balaban J connectivity index is 1.82. The van der Waals surface area contributed by atoms with E-state index >= 15 is 0 Å². The summed E-state index contributed by atoms with van der Waals surface area (Å²) in [6.07, 6.45) is -0.588. The van der Waals surface area contributed by atoms with E-state index in [1.165, 1.54) is 12.1 Å². The van der Waals surface area contributed by atoms with Crippen molar-refractivity contribution < 1.29 is 23.0 Å². The van der Waals surface area contributed by atoms with Crippen molar-refractivity contribution in [3.63, 3.8) is 0 Å². The van der Waals surface area contributed by atoms with Gasteiger partial charge in [-0.2, -0.15) is 5.10 Å². The number of carbonyl (C=O) groups excluding carboxylic acids is 1.